The first-order valence-corrected chi connectivity index (χ1v) is 6.62. The Balaban J connectivity index is 2.02. The van der Waals surface area contributed by atoms with E-state index in [1.54, 1.807) is 0 Å². The minimum atomic E-state index is -4.33. The van der Waals surface area contributed by atoms with E-state index >= 15 is 0 Å². The third kappa shape index (κ3) is 3.77. The summed E-state index contributed by atoms with van der Waals surface area (Å²) >= 11 is 0. The van der Waals surface area contributed by atoms with Crippen molar-refractivity contribution in [3.8, 4) is 5.75 Å². The minimum Gasteiger partial charge on any atom is -0.487 e. The molecule has 0 bridgehead atoms. The highest BCUT2D eigenvalue weighted by molar-refractivity contribution is 5.29. The minimum absolute atomic E-state index is 0.228. The number of aromatic nitrogens is 2. The van der Waals surface area contributed by atoms with Crippen molar-refractivity contribution in [1.82, 2.24) is 9.55 Å². The summed E-state index contributed by atoms with van der Waals surface area (Å²) in [7, 11) is 0. The van der Waals surface area contributed by atoms with E-state index in [9.17, 15) is 13.2 Å². The lowest BCUT2D eigenvalue weighted by molar-refractivity contribution is -0.137. The molecule has 0 saturated carbocycles. The molecule has 0 atom stereocenters. The standard InChI is InChI=1S/C15H17F3N2O/c1-10(2)20-8-13(19-11(20)3)9-21-14-6-4-12(5-7-14)15(16,17)18/h4-8,10H,9H2,1-3H3. The molecule has 2 aromatic rings. The predicted octanol–water partition coefficient (Wildman–Crippen LogP) is 4.37. The SMILES string of the molecule is Cc1nc(COc2ccc(C(F)(F)F)cc2)cn1C(C)C. The molecule has 0 aliphatic heterocycles. The maximum atomic E-state index is 12.4. The van der Waals surface area contributed by atoms with Crippen LogP contribution in [0.4, 0.5) is 13.2 Å². The number of hydrogen-bond acceptors (Lipinski definition) is 2. The van der Waals surface area contributed by atoms with E-state index in [0.29, 0.717) is 11.8 Å². The van der Waals surface area contributed by atoms with Gasteiger partial charge in [-0.2, -0.15) is 13.2 Å². The van der Waals surface area contributed by atoms with Crippen LogP contribution in [0.5, 0.6) is 5.75 Å². The van der Waals surface area contributed by atoms with Crippen molar-refractivity contribution < 1.29 is 17.9 Å². The molecule has 1 heterocycles. The fourth-order valence-corrected chi connectivity index (χ4v) is 2.04. The molecule has 0 radical (unpaired) electrons. The van der Waals surface area contributed by atoms with Crippen LogP contribution in [-0.4, -0.2) is 9.55 Å². The van der Waals surface area contributed by atoms with Crippen molar-refractivity contribution in [3.05, 3.63) is 47.5 Å². The van der Waals surface area contributed by atoms with E-state index in [1.807, 2.05) is 17.7 Å². The number of rotatable bonds is 4. The maximum absolute atomic E-state index is 12.4. The van der Waals surface area contributed by atoms with E-state index in [2.05, 4.69) is 18.8 Å². The molecule has 0 N–H and O–H groups in total. The summed E-state index contributed by atoms with van der Waals surface area (Å²) < 4.78 is 44.8. The Kier molecular flexibility index (Phi) is 4.25. The van der Waals surface area contributed by atoms with Gasteiger partial charge in [-0.25, -0.2) is 4.98 Å². The van der Waals surface area contributed by atoms with Gasteiger partial charge in [-0.1, -0.05) is 0 Å². The highest BCUT2D eigenvalue weighted by Gasteiger charge is 2.30. The number of benzene rings is 1. The second-order valence-electron chi connectivity index (χ2n) is 5.09. The van der Waals surface area contributed by atoms with Gasteiger partial charge in [0.2, 0.25) is 0 Å². The Morgan fingerprint density at radius 3 is 2.29 bits per heavy atom. The number of halogens is 3. The van der Waals surface area contributed by atoms with Gasteiger partial charge in [0.05, 0.1) is 11.3 Å². The quantitative estimate of drug-likeness (QED) is 0.838. The summed E-state index contributed by atoms with van der Waals surface area (Å²) in [5.74, 6) is 1.27. The number of hydrogen-bond donors (Lipinski definition) is 0. The summed E-state index contributed by atoms with van der Waals surface area (Å²) in [4.78, 5) is 4.36. The van der Waals surface area contributed by atoms with Gasteiger partial charge in [0.15, 0.2) is 0 Å². The largest absolute Gasteiger partial charge is 0.487 e. The highest BCUT2D eigenvalue weighted by Crippen LogP contribution is 2.30. The molecule has 0 saturated heterocycles. The van der Waals surface area contributed by atoms with Crippen LogP contribution in [-0.2, 0) is 12.8 Å². The molecule has 0 unspecified atom stereocenters. The molecule has 0 aliphatic carbocycles. The van der Waals surface area contributed by atoms with Crippen LogP contribution in [0.1, 0.15) is 37.0 Å². The van der Waals surface area contributed by atoms with Crippen molar-refractivity contribution in [1.29, 1.82) is 0 Å². The summed E-state index contributed by atoms with van der Waals surface area (Å²) in [5, 5.41) is 0. The molecule has 0 amide bonds. The molecule has 0 fully saturated rings. The van der Waals surface area contributed by atoms with E-state index in [0.717, 1.165) is 23.7 Å². The summed E-state index contributed by atoms with van der Waals surface area (Å²) in [6, 6.07) is 4.95. The van der Waals surface area contributed by atoms with Gasteiger partial charge in [-0.15, -0.1) is 0 Å². The van der Waals surface area contributed by atoms with Crippen molar-refractivity contribution in [2.24, 2.45) is 0 Å². The van der Waals surface area contributed by atoms with E-state index in [1.165, 1.54) is 12.1 Å². The van der Waals surface area contributed by atoms with Crippen LogP contribution in [0.2, 0.25) is 0 Å². The average molecular weight is 298 g/mol. The lowest BCUT2D eigenvalue weighted by Crippen LogP contribution is -2.04. The zero-order chi connectivity index (χ0) is 15.6. The van der Waals surface area contributed by atoms with Crippen LogP contribution in [0.15, 0.2) is 30.5 Å². The molecule has 3 nitrogen and oxygen atoms in total. The molecule has 2 rings (SSSR count). The Morgan fingerprint density at radius 1 is 1.19 bits per heavy atom. The van der Waals surface area contributed by atoms with Gasteiger partial charge >= 0.3 is 6.18 Å². The number of nitrogens with zero attached hydrogens (tertiary/aromatic N) is 2. The number of alkyl halides is 3. The Hall–Kier alpha value is -1.98. The number of aryl methyl sites for hydroxylation is 1. The fourth-order valence-electron chi connectivity index (χ4n) is 2.04. The molecule has 6 heteroatoms. The first-order chi connectivity index (χ1) is 9.77. The lowest BCUT2D eigenvalue weighted by atomic mass is 10.2. The van der Waals surface area contributed by atoms with Gasteiger partial charge in [-0.3, -0.25) is 0 Å². The smallest absolute Gasteiger partial charge is 0.416 e. The monoisotopic (exact) mass is 298 g/mol. The van der Waals surface area contributed by atoms with Crippen molar-refractivity contribution in [3.63, 3.8) is 0 Å². The molecule has 0 spiro atoms. The third-order valence-corrected chi connectivity index (χ3v) is 3.09. The highest BCUT2D eigenvalue weighted by atomic mass is 19.4. The number of imidazole rings is 1. The molecule has 114 valence electrons. The molecule has 0 aliphatic rings. The van der Waals surface area contributed by atoms with E-state index in [4.69, 9.17) is 4.74 Å². The van der Waals surface area contributed by atoms with Crippen molar-refractivity contribution >= 4 is 0 Å². The Labute approximate surface area is 121 Å². The Bertz CT molecular complexity index is 600. The van der Waals surface area contributed by atoms with Gasteiger partial charge < -0.3 is 9.30 Å². The second kappa shape index (κ2) is 5.79. The molecule has 1 aromatic carbocycles. The zero-order valence-electron chi connectivity index (χ0n) is 12.1. The van der Waals surface area contributed by atoms with Crippen molar-refractivity contribution in [2.75, 3.05) is 0 Å². The predicted molar refractivity (Wildman–Crippen MR) is 73.1 cm³/mol. The van der Waals surface area contributed by atoms with Crippen LogP contribution < -0.4 is 4.74 Å². The fraction of sp³-hybridized carbons (Fsp3) is 0.400. The van der Waals surface area contributed by atoms with Crippen LogP contribution in [0.3, 0.4) is 0 Å². The number of ether oxygens (including phenoxy) is 1. The first kappa shape index (κ1) is 15.4. The summed E-state index contributed by atoms with van der Waals surface area (Å²) in [6.45, 7) is 6.23. The van der Waals surface area contributed by atoms with E-state index < -0.39 is 11.7 Å². The first-order valence-electron chi connectivity index (χ1n) is 6.62. The normalized spacial score (nSPS) is 12.0. The molecular weight excluding hydrogens is 281 g/mol. The summed E-state index contributed by atoms with van der Waals surface area (Å²) in [5.41, 5.74) is 0.0656. The average Bonchev–Trinajstić information content (AvgIpc) is 2.77. The summed E-state index contributed by atoms with van der Waals surface area (Å²) in [6.07, 6.45) is -2.43. The van der Waals surface area contributed by atoms with Crippen molar-refractivity contribution in [2.45, 2.75) is 39.6 Å². The van der Waals surface area contributed by atoms with Gasteiger partial charge in [0.1, 0.15) is 18.2 Å². The lowest BCUT2D eigenvalue weighted by Gasteiger charge is -2.08. The second-order valence-corrected chi connectivity index (χ2v) is 5.09. The van der Waals surface area contributed by atoms with Gasteiger partial charge in [0, 0.05) is 12.2 Å². The molecule has 1 aromatic heterocycles. The molecule has 21 heavy (non-hydrogen) atoms. The van der Waals surface area contributed by atoms with Crippen LogP contribution in [0.25, 0.3) is 0 Å². The van der Waals surface area contributed by atoms with E-state index in [-0.39, 0.29) is 6.61 Å². The topological polar surface area (TPSA) is 27.1 Å². The molecular formula is C15H17F3N2O. The third-order valence-electron chi connectivity index (χ3n) is 3.09. The van der Waals surface area contributed by atoms with Gasteiger partial charge in [-0.05, 0) is 45.0 Å². The Morgan fingerprint density at radius 2 is 1.81 bits per heavy atom. The van der Waals surface area contributed by atoms with Gasteiger partial charge in [0.25, 0.3) is 0 Å². The maximum Gasteiger partial charge on any atom is 0.416 e. The van der Waals surface area contributed by atoms with Crippen LogP contribution in [0, 0.1) is 6.92 Å². The van der Waals surface area contributed by atoms with Crippen LogP contribution >= 0.6 is 0 Å². The zero-order valence-corrected chi connectivity index (χ0v) is 12.1.